The van der Waals surface area contributed by atoms with E-state index in [1.807, 2.05) is 0 Å². The molecule has 2 fully saturated rings. The third-order valence-electron chi connectivity index (χ3n) is 5.26. The van der Waals surface area contributed by atoms with Crippen molar-refractivity contribution >= 4 is 35.8 Å². The predicted molar refractivity (Wildman–Crippen MR) is 120 cm³/mol. The average molecular weight is 564 g/mol. The first-order chi connectivity index (χ1) is 18.2. The number of aliphatic hydroxyl groups excluding tert-OH is 1. The van der Waals surface area contributed by atoms with Crippen LogP contribution in [0.4, 0.5) is 0 Å². The summed E-state index contributed by atoms with van der Waals surface area (Å²) in [4.78, 5) is 70.0. The van der Waals surface area contributed by atoms with Crippen molar-refractivity contribution in [1.82, 2.24) is 0 Å². The van der Waals surface area contributed by atoms with Crippen molar-refractivity contribution in [2.24, 2.45) is 0 Å². The lowest BCUT2D eigenvalue weighted by Gasteiger charge is -2.42. The van der Waals surface area contributed by atoms with Crippen LogP contribution in [0.1, 0.15) is 41.5 Å². The largest absolute Gasteiger partial charge is 0.463 e. The Kier molecular flexibility index (Phi) is 11.6. The molecule has 0 radical (unpaired) electrons. The van der Waals surface area contributed by atoms with Crippen LogP contribution in [0.2, 0.25) is 0 Å². The van der Waals surface area contributed by atoms with E-state index in [0.717, 1.165) is 41.5 Å². The van der Waals surface area contributed by atoms with Crippen molar-refractivity contribution < 1.29 is 76.5 Å². The first kappa shape index (κ1) is 31.9. The summed E-state index contributed by atoms with van der Waals surface area (Å²) in [7, 11) is 0. The number of esters is 6. The second kappa shape index (κ2) is 14.2. The highest BCUT2D eigenvalue weighted by molar-refractivity contribution is 5.69. The molecular weight excluding hydrogens is 532 g/mol. The fourth-order valence-corrected chi connectivity index (χ4v) is 4.01. The van der Waals surface area contributed by atoms with E-state index in [4.69, 9.17) is 42.6 Å². The predicted octanol–water partition coefficient (Wildman–Crippen LogP) is -1.33. The molecule has 9 atom stereocenters. The molecule has 0 aliphatic carbocycles. The van der Waals surface area contributed by atoms with Gasteiger partial charge in [0.15, 0.2) is 43.1 Å². The van der Waals surface area contributed by atoms with Gasteiger partial charge >= 0.3 is 35.8 Å². The van der Waals surface area contributed by atoms with Crippen molar-refractivity contribution in [2.75, 3.05) is 13.2 Å². The van der Waals surface area contributed by atoms with Crippen LogP contribution in [0.25, 0.3) is 0 Å². The van der Waals surface area contributed by atoms with Crippen molar-refractivity contribution in [2.45, 2.75) is 96.9 Å². The zero-order chi connectivity index (χ0) is 29.4. The molecule has 0 amide bonds. The molecule has 0 aromatic rings. The number of hydrogen-bond acceptors (Lipinski definition) is 16. The van der Waals surface area contributed by atoms with Gasteiger partial charge in [-0.05, 0) is 0 Å². The SMILES string of the molecule is CC(=O)OC[C@H]1O[C@@H](OC[C@H]2O[C@H](O)[C@H](OC(C)=O)[C@@H](OC(C)=O)[C@@H]2OC(C)=O)[C@@H](OC(C)=O)[C@@H]1OC(C)=O. The third-order valence-corrected chi connectivity index (χ3v) is 5.26. The zero-order valence-corrected chi connectivity index (χ0v) is 22.2. The fraction of sp³-hybridized carbons (Fsp3) is 0.739. The minimum atomic E-state index is -1.84. The summed E-state index contributed by atoms with van der Waals surface area (Å²) < 4.78 is 47.8. The van der Waals surface area contributed by atoms with E-state index in [1.165, 1.54) is 0 Å². The first-order valence-corrected chi connectivity index (χ1v) is 11.8. The maximum atomic E-state index is 11.8. The second-order valence-corrected chi connectivity index (χ2v) is 8.61. The molecule has 0 aromatic heterocycles. The molecule has 1 N–H and O–H groups in total. The van der Waals surface area contributed by atoms with Crippen LogP contribution in [0, 0.1) is 0 Å². The van der Waals surface area contributed by atoms with E-state index in [2.05, 4.69) is 0 Å². The Balaban J connectivity index is 2.31. The summed E-state index contributed by atoms with van der Waals surface area (Å²) >= 11 is 0. The number of aliphatic hydroxyl groups is 1. The monoisotopic (exact) mass is 564 g/mol. The van der Waals surface area contributed by atoms with Crippen LogP contribution < -0.4 is 0 Å². The van der Waals surface area contributed by atoms with Crippen LogP contribution >= 0.6 is 0 Å². The van der Waals surface area contributed by atoms with Gasteiger partial charge in [0.1, 0.15) is 18.8 Å². The third kappa shape index (κ3) is 9.42. The molecule has 0 spiro atoms. The summed E-state index contributed by atoms with van der Waals surface area (Å²) in [5, 5.41) is 10.5. The highest BCUT2D eigenvalue weighted by Gasteiger charge is 2.54. The van der Waals surface area contributed by atoms with Crippen molar-refractivity contribution in [3.05, 3.63) is 0 Å². The molecule has 39 heavy (non-hydrogen) atoms. The summed E-state index contributed by atoms with van der Waals surface area (Å²) in [5.41, 5.74) is 0. The summed E-state index contributed by atoms with van der Waals surface area (Å²) in [6.07, 6.45) is -12.7. The Bertz CT molecular complexity index is 933. The minimum Gasteiger partial charge on any atom is -0.463 e. The van der Waals surface area contributed by atoms with Gasteiger partial charge in [-0.2, -0.15) is 0 Å². The van der Waals surface area contributed by atoms with Crippen LogP contribution in [-0.2, 0) is 71.4 Å². The van der Waals surface area contributed by atoms with Gasteiger partial charge in [-0.3, -0.25) is 28.8 Å². The molecule has 16 heteroatoms. The van der Waals surface area contributed by atoms with Crippen LogP contribution in [-0.4, -0.2) is 109 Å². The van der Waals surface area contributed by atoms with E-state index < -0.39 is 97.7 Å². The topological polar surface area (TPSA) is 206 Å². The Morgan fingerprint density at radius 1 is 0.538 bits per heavy atom. The smallest absolute Gasteiger partial charge is 0.303 e. The van der Waals surface area contributed by atoms with E-state index in [-0.39, 0.29) is 6.61 Å². The molecule has 2 aliphatic rings. The number of carbonyl (C=O) groups excluding carboxylic acids is 6. The Labute approximate surface area is 223 Å². The molecule has 0 bridgehead atoms. The Morgan fingerprint density at radius 3 is 1.44 bits per heavy atom. The van der Waals surface area contributed by atoms with Gasteiger partial charge in [0.05, 0.1) is 6.61 Å². The fourth-order valence-electron chi connectivity index (χ4n) is 4.01. The zero-order valence-electron chi connectivity index (χ0n) is 22.2. The molecule has 0 aromatic carbocycles. The second-order valence-electron chi connectivity index (χ2n) is 8.61. The maximum absolute atomic E-state index is 11.8. The van der Waals surface area contributed by atoms with Crippen molar-refractivity contribution in [3.63, 3.8) is 0 Å². The van der Waals surface area contributed by atoms with Crippen molar-refractivity contribution in [1.29, 1.82) is 0 Å². The molecule has 2 aliphatic heterocycles. The molecule has 220 valence electrons. The number of hydrogen-bond donors (Lipinski definition) is 1. The van der Waals surface area contributed by atoms with E-state index >= 15 is 0 Å². The van der Waals surface area contributed by atoms with Crippen LogP contribution in [0.3, 0.4) is 0 Å². The standard InChI is InChI=1S/C23H32O16/c1-9(24)31-7-16-18(34-11(3)26)21(37-14(6)29)23(39-16)32-8-15-17(33-10(2)25)19(35-12(4)27)20(22(30)38-15)36-13(5)28/h15-23,30H,7-8H2,1-6H3/t15-,16-,17-,18-,19+,20-,21+,22+,23-/m1/s1. The lowest BCUT2D eigenvalue weighted by Crippen LogP contribution is -2.62. The summed E-state index contributed by atoms with van der Waals surface area (Å²) in [6, 6.07) is 0. The van der Waals surface area contributed by atoms with Gasteiger partial charge in [0.25, 0.3) is 0 Å². The highest BCUT2D eigenvalue weighted by Crippen LogP contribution is 2.31. The molecule has 16 nitrogen and oxygen atoms in total. The van der Waals surface area contributed by atoms with Gasteiger partial charge in [0, 0.05) is 41.5 Å². The van der Waals surface area contributed by atoms with E-state index in [0.29, 0.717) is 0 Å². The number of rotatable bonds is 10. The maximum Gasteiger partial charge on any atom is 0.303 e. The Hall–Kier alpha value is -3.34. The molecule has 0 saturated carbocycles. The van der Waals surface area contributed by atoms with Gasteiger partial charge < -0.3 is 47.7 Å². The minimum absolute atomic E-state index is 0.377. The van der Waals surface area contributed by atoms with Gasteiger partial charge in [-0.1, -0.05) is 0 Å². The van der Waals surface area contributed by atoms with Crippen LogP contribution in [0.5, 0.6) is 0 Å². The number of carbonyl (C=O) groups is 6. The van der Waals surface area contributed by atoms with E-state index in [1.54, 1.807) is 0 Å². The molecular formula is C23H32O16. The van der Waals surface area contributed by atoms with Gasteiger partial charge in [-0.25, -0.2) is 0 Å². The van der Waals surface area contributed by atoms with Gasteiger partial charge in [-0.15, -0.1) is 0 Å². The highest BCUT2D eigenvalue weighted by atomic mass is 16.8. The Morgan fingerprint density at radius 2 is 0.949 bits per heavy atom. The quantitative estimate of drug-likeness (QED) is 0.241. The van der Waals surface area contributed by atoms with Crippen molar-refractivity contribution in [3.8, 4) is 0 Å². The molecule has 2 saturated heterocycles. The van der Waals surface area contributed by atoms with Gasteiger partial charge in [0.2, 0.25) is 0 Å². The lowest BCUT2D eigenvalue weighted by atomic mass is 9.98. The van der Waals surface area contributed by atoms with E-state index in [9.17, 15) is 33.9 Å². The average Bonchev–Trinajstić information content (AvgIpc) is 3.09. The lowest BCUT2D eigenvalue weighted by molar-refractivity contribution is -0.304. The normalized spacial score (nSPS) is 31.9. The van der Waals surface area contributed by atoms with Crippen LogP contribution in [0.15, 0.2) is 0 Å². The molecule has 2 rings (SSSR count). The summed E-state index contributed by atoms with van der Waals surface area (Å²) in [6.45, 7) is 5.61. The molecule has 2 heterocycles. The molecule has 0 unspecified atom stereocenters. The summed E-state index contributed by atoms with van der Waals surface area (Å²) in [5.74, 6) is -4.67. The first-order valence-electron chi connectivity index (χ1n) is 11.8. The number of ether oxygens (including phenoxy) is 9.